The molecule has 5 nitrogen and oxygen atoms in total. The number of anilines is 1. The van der Waals surface area contributed by atoms with Crippen molar-refractivity contribution in [1.29, 1.82) is 0 Å². The molecular formula is C16H14F3N3O2. The summed E-state index contributed by atoms with van der Waals surface area (Å²) in [6.07, 6.45) is 1.56. The Morgan fingerprint density at radius 3 is 2.50 bits per heavy atom. The fourth-order valence-electron chi connectivity index (χ4n) is 1.98. The molecule has 0 radical (unpaired) electrons. The standard InChI is InChI=1S/C16H14F3N3O2/c1-10(23)22(13-6-5-12(17)15(18)16(13)19)9-14(24)21-8-11-4-2-3-7-20-11/h2-7H,8-9H2,1H3,(H,21,24). The van der Waals surface area contributed by atoms with Gasteiger partial charge in [-0.2, -0.15) is 0 Å². The van der Waals surface area contributed by atoms with Gasteiger partial charge in [-0.3, -0.25) is 14.6 Å². The van der Waals surface area contributed by atoms with Gasteiger partial charge in [0.05, 0.1) is 17.9 Å². The second-order valence-corrected chi connectivity index (χ2v) is 4.90. The fraction of sp³-hybridized carbons (Fsp3) is 0.188. The van der Waals surface area contributed by atoms with Crippen molar-refractivity contribution in [2.24, 2.45) is 0 Å². The molecule has 1 aromatic heterocycles. The minimum atomic E-state index is -1.70. The van der Waals surface area contributed by atoms with E-state index in [1.165, 1.54) is 0 Å². The lowest BCUT2D eigenvalue weighted by Crippen LogP contribution is -2.40. The molecule has 0 aliphatic carbocycles. The van der Waals surface area contributed by atoms with Gasteiger partial charge >= 0.3 is 0 Å². The second-order valence-electron chi connectivity index (χ2n) is 4.90. The van der Waals surface area contributed by atoms with E-state index < -0.39 is 41.5 Å². The topological polar surface area (TPSA) is 62.3 Å². The molecule has 126 valence electrons. The molecule has 0 aliphatic rings. The van der Waals surface area contributed by atoms with Crippen molar-refractivity contribution >= 4 is 17.5 Å². The van der Waals surface area contributed by atoms with Crippen LogP contribution in [0.4, 0.5) is 18.9 Å². The van der Waals surface area contributed by atoms with E-state index in [0.29, 0.717) is 11.8 Å². The van der Waals surface area contributed by atoms with Crippen molar-refractivity contribution in [2.45, 2.75) is 13.5 Å². The van der Waals surface area contributed by atoms with Crippen LogP contribution in [-0.2, 0) is 16.1 Å². The molecule has 1 heterocycles. The van der Waals surface area contributed by atoms with Crippen LogP contribution in [0.5, 0.6) is 0 Å². The van der Waals surface area contributed by atoms with Crippen LogP contribution < -0.4 is 10.2 Å². The Balaban J connectivity index is 2.10. The average Bonchev–Trinajstić information content (AvgIpc) is 2.57. The molecule has 0 unspecified atom stereocenters. The van der Waals surface area contributed by atoms with Gasteiger partial charge in [-0.25, -0.2) is 13.2 Å². The molecule has 1 aromatic carbocycles. The van der Waals surface area contributed by atoms with Gasteiger partial charge < -0.3 is 10.2 Å². The summed E-state index contributed by atoms with van der Waals surface area (Å²) in [6, 6.07) is 6.75. The first-order valence-electron chi connectivity index (χ1n) is 6.98. The number of halogens is 3. The van der Waals surface area contributed by atoms with Gasteiger partial charge in [0.2, 0.25) is 11.8 Å². The van der Waals surface area contributed by atoms with Gasteiger partial charge in [0.25, 0.3) is 0 Å². The highest BCUT2D eigenvalue weighted by Crippen LogP contribution is 2.23. The fourth-order valence-corrected chi connectivity index (χ4v) is 1.98. The van der Waals surface area contributed by atoms with Crippen LogP contribution in [0, 0.1) is 17.5 Å². The molecule has 1 N–H and O–H groups in total. The van der Waals surface area contributed by atoms with Gasteiger partial charge in [0.15, 0.2) is 17.5 Å². The third-order valence-corrected chi connectivity index (χ3v) is 3.18. The van der Waals surface area contributed by atoms with Gasteiger partial charge in [0, 0.05) is 13.1 Å². The Morgan fingerprint density at radius 2 is 1.88 bits per heavy atom. The van der Waals surface area contributed by atoms with Crippen molar-refractivity contribution in [2.75, 3.05) is 11.4 Å². The number of benzene rings is 1. The summed E-state index contributed by atoms with van der Waals surface area (Å²) in [7, 11) is 0. The molecule has 0 saturated heterocycles. The lowest BCUT2D eigenvalue weighted by molar-refractivity contribution is -0.123. The van der Waals surface area contributed by atoms with E-state index in [2.05, 4.69) is 10.3 Å². The highest BCUT2D eigenvalue weighted by molar-refractivity contribution is 5.97. The molecule has 2 aromatic rings. The minimum Gasteiger partial charge on any atom is -0.349 e. The first-order chi connectivity index (χ1) is 11.4. The molecule has 0 atom stereocenters. The lowest BCUT2D eigenvalue weighted by Gasteiger charge is -2.21. The van der Waals surface area contributed by atoms with E-state index in [4.69, 9.17) is 0 Å². The van der Waals surface area contributed by atoms with Gasteiger partial charge in [-0.1, -0.05) is 6.07 Å². The number of carbonyl (C=O) groups excluding carboxylic acids is 2. The van der Waals surface area contributed by atoms with Crippen LogP contribution in [0.3, 0.4) is 0 Å². The molecule has 0 bridgehead atoms. The third-order valence-electron chi connectivity index (χ3n) is 3.18. The van der Waals surface area contributed by atoms with E-state index in [9.17, 15) is 22.8 Å². The maximum Gasteiger partial charge on any atom is 0.240 e. The SMILES string of the molecule is CC(=O)N(CC(=O)NCc1ccccn1)c1ccc(F)c(F)c1F. The zero-order chi connectivity index (χ0) is 17.7. The predicted octanol–water partition coefficient (Wildman–Crippen LogP) is 2.17. The van der Waals surface area contributed by atoms with E-state index in [1.807, 2.05) is 0 Å². The molecule has 0 saturated carbocycles. The number of hydrogen-bond donors (Lipinski definition) is 1. The van der Waals surface area contributed by atoms with Crippen molar-refractivity contribution in [3.05, 3.63) is 59.7 Å². The van der Waals surface area contributed by atoms with Gasteiger partial charge in [0.1, 0.15) is 6.54 Å². The Hall–Kier alpha value is -2.90. The van der Waals surface area contributed by atoms with Crippen molar-refractivity contribution in [3.63, 3.8) is 0 Å². The van der Waals surface area contributed by atoms with Crippen LogP contribution >= 0.6 is 0 Å². The van der Waals surface area contributed by atoms with Crippen molar-refractivity contribution in [3.8, 4) is 0 Å². The van der Waals surface area contributed by atoms with E-state index in [0.717, 1.165) is 17.9 Å². The second kappa shape index (κ2) is 7.58. The maximum absolute atomic E-state index is 13.8. The predicted molar refractivity (Wildman–Crippen MR) is 80.4 cm³/mol. The lowest BCUT2D eigenvalue weighted by atomic mass is 10.2. The largest absolute Gasteiger partial charge is 0.349 e. The van der Waals surface area contributed by atoms with Crippen LogP contribution in [0.25, 0.3) is 0 Å². The molecule has 2 rings (SSSR count). The number of pyridine rings is 1. The Morgan fingerprint density at radius 1 is 1.12 bits per heavy atom. The first-order valence-corrected chi connectivity index (χ1v) is 6.98. The van der Waals surface area contributed by atoms with E-state index >= 15 is 0 Å². The van der Waals surface area contributed by atoms with Crippen LogP contribution in [0.1, 0.15) is 12.6 Å². The summed E-state index contributed by atoms with van der Waals surface area (Å²) < 4.78 is 40.1. The zero-order valence-corrected chi connectivity index (χ0v) is 12.7. The quantitative estimate of drug-likeness (QED) is 0.851. The Labute approximate surface area is 136 Å². The normalized spacial score (nSPS) is 10.3. The number of aromatic nitrogens is 1. The number of hydrogen-bond acceptors (Lipinski definition) is 3. The van der Waals surface area contributed by atoms with Crippen LogP contribution in [0.2, 0.25) is 0 Å². The van der Waals surface area contributed by atoms with Crippen molar-refractivity contribution in [1.82, 2.24) is 10.3 Å². The van der Waals surface area contributed by atoms with Crippen LogP contribution in [0.15, 0.2) is 36.5 Å². The molecule has 0 spiro atoms. The Kier molecular flexibility index (Phi) is 5.51. The molecular weight excluding hydrogens is 323 g/mol. The molecule has 24 heavy (non-hydrogen) atoms. The summed E-state index contributed by atoms with van der Waals surface area (Å²) in [6.45, 7) is 0.669. The average molecular weight is 337 g/mol. The highest BCUT2D eigenvalue weighted by atomic mass is 19.2. The van der Waals surface area contributed by atoms with Gasteiger partial charge in [-0.15, -0.1) is 0 Å². The van der Waals surface area contributed by atoms with Crippen LogP contribution in [-0.4, -0.2) is 23.3 Å². The van der Waals surface area contributed by atoms with Crippen molar-refractivity contribution < 1.29 is 22.8 Å². The number of nitrogens with one attached hydrogen (secondary N) is 1. The molecule has 0 aliphatic heterocycles. The Bertz CT molecular complexity index is 754. The number of amides is 2. The van der Waals surface area contributed by atoms with Gasteiger partial charge in [-0.05, 0) is 24.3 Å². The zero-order valence-electron chi connectivity index (χ0n) is 12.7. The first kappa shape index (κ1) is 17.5. The van der Waals surface area contributed by atoms with E-state index in [1.54, 1.807) is 24.4 Å². The summed E-state index contributed by atoms with van der Waals surface area (Å²) >= 11 is 0. The summed E-state index contributed by atoms with van der Waals surface area (Å²) in [5.41, 5.74) is 0.0913. The molecule has 8 heteroatoms. The maximum atomic E-state index is 13.8. The number of rotatable bonds is 5. The summed E-state index contributed by atoms with van der Waals surface area (Å²) in [4.78, 5) is 28.3. The highest BCUT2D eigenvalue weighted by Gasteiger charge is 2.23. The number of nitrogens with zero attached hydrogens (tertiary/aromatic N) is 2. The summed E-state index contributed by atoms with van der Waals surface area (Å²) in [5, 5.41) is 2.51. The summed E-state index contributed by atoms with van der Waals surface area (Å²) in [5.74, 6) is -5.89. The minimum absolute atomic E-state index is 0.117. The molecule has 0 fully saturated rings. The number of carbonyl (C=O) groups is 2. The molecule has 2 amide bonds. The smallest absolute Gasteiger partial charge is 0.240 e. The third kappa shape index (κ3) is 4.09. The van der Waals surface area contributed by atoms with E-state index in [-0.39, 0.29) is 6.54 Å². The monoisotopic (exact) mass is 337 g/mol.